The summed E-state index contributed by atoms with van der Waals surface area (Å²) < 4.78 is 6.70. The highest BCUT2D eigenvalue weighted by atomic mass is 16.5. The van der Waals surface area contributed by atoms with E-state index in [1.807, 2.05) is 25.1 Å². The first kappa shape index (κ1) is 16.8. The SMILES string of the molecule is Cc1ccc2nc(COC(=O)c3ccc4ccccc4c3O)cc(=O)n2c1. The van der Waals surface area contributed by atoms with E-state index in [2.05, 4.69) is 4.98 Å². The van der Waals surface area contributed by atoms with Gasteiger partial charge < -0.3 is 9.84 Å². The number of carbonyl (C=O) groups is 1. The van der Waals surface area contributed by atoms with Crippen molar-refractivity contribution in [1.82, 2.24) is 9.38 Å². The number of aromatic nitrogens is 2. The molecule has 0 amide bonds. The van der Waals surface area contributed by atoms with Crippen LogP contribution in [0.25, 0.3) is 16.4 Å². The molecule has 4 rings (SSSR count). The molecule has 2 heterocycles. The number of fused-ring (bicyclic) bond motifs is 2. The number of benzene rings is 2. The summed E-state index contributed by atoms with van der Waals surface area (Å²) in [5.41, 5.74) is 1.59. The Morgan fingerprint density at radius 2 is 1.96 bits per heavy atom. The number of pyridine rings is 1. The first-order valence-electron chi connectivity index (χ1n) is 8.40. The monoisotopic (exact) mass is 360 g/mol. The second kappa shape index (κ2) is 6.57. The standard InChI is InChI=1S/C21H16N2O4/c1-13-6-9-18-22-15(10-19(24)23(18)11-13)12-27-21(26)17-8-7-14-4-2-3-5-16(14)20(17)25/h2-11,25H,12H2,1H3. The molecule has 0 unspecified atom stereocenters. The van der Waals surface area contributed by atoms with Gasteiger partial charge in [-0.2, -0.15) is 0 Å². The largest absolute Gasteiger partial charge is 0.506 e. The van der Waals surface area contributed by atoms with E-state index in [9.17, 15) is 14.7 Å². The van der Waals surface area contributed by atoms with Crippen LogP contribution < -0.4 is 5.56 Å². The number of aryl methyl sites for hydroxylation is 1. The number of carbonyl (C=O) groups excluding carboxylic acids is 1. The van der Waals surface area contributed by atoms with Crippen LogP contribution >= 0.6 is 0 Å². The lowest BCUT2D eigenvalue weighted by atomic mass is 10.1. The van der Waals surface area contributed by atoms with Gasteiger partial charge in [0.05, 0.1) is 5.69 Å². The van der Waals surface area contributed by atoms with Crippen LogP contribution in [0.15, 0.2) is 65.6 Å². The smallest absolute Gasteiger partial charge is 0.342 e. The minimum absolute atomic E-state index is 0.0711. The third-order valence-corrected chi connectivity index (χ3v) is 4.33. The third kappa shape index (κ3) is 3.13. The number of rotatable bonds is 3. The predicted octanol–water partition coefficient (Wildman–Crippen LogP) is 3.22. The van der Waals surface area contributed by atoms with Gasteiger partial charge in [-0.25, -0.2) is 9.78 Å². The van der Waals surface area contributed by atoms with Crippen molar-refractivity contribution >= 4 is 22.4 Å². The van der Waals surface area contributed by atoms with Gasteiger partial charge in [0.1, 0.15) is 23.6 Å². The van der Waals surface area contributed by atoms with Gasteiger partial charge in [-0.05, 0) is 30.0 Å². The molecule has 0 radical (unpaired) electrons. The van der Waals surface area contributed by atoms with Crippen LogP contribution in [0.3, 0.4) is 0 Å². The molecule has 0 fully saturated rings. The maximum atomic E-state index is 12.4. The number of hydrogen-bond donors (Lipinski definition) is 1. The molecular formula is C21H16N2O4. The summed E-state index contributed by atoms with van der Waals surface area (Å²) in [7, 11) is 0. The molecule has 0 aliphatic rings. The number of phenols is 1. The molecule has 2 aromatic heterocycles. The number of esters is 1. The summed E-state index contributed by atoms with van der Waals surface area (Å²) in [6.45, 7) is 1.72. The topological polar surface area (TPSA) is 80.9 Å². The Bertz CT molecular complexity index is 1240. The van der Waals surface area contributed by atoms with Crippen molar-refractivity contribution in [1.29, 1.82) is 0 Å². The van der Waals surface area contributed by atoms with Gasteiger partial charge in [-0.3, -0.25) is 9.20 Å². The van der Waals surface area contributed by atoms with Crippen LogP contribution in [0.4, 0.5) is 0 Å². The molecule has 2 aromatic carbocycles. The lowest BCUT2D eigenvalue weighted by Crippen LogP contribution is -2.17. The summed E-state index contributed by atoms with van der Waals surface area (Å²) >= 11 is 0. The van der Waals surface area contributed by atoms with Gasteiger partial charge in [0.25, 0.3) is 5.56 Å². The Labute approximate surface area is 154 Å². The van der Waals surface area contributed by atoms with Gasteiger partial charge in [0.2, 0.25) is 0 Å². The zero-order valence-electron chi connectivity index (χ0n) is 14.5. The first-order valence-corrected chi connectivity index (χ1v) is 8.40. The summed E-state index contributed by atoms with van der Waals surface area (Å²) in [6, 6.07) is 15.4. The summed E-state index contributed by atoms with van der Waals surface area (Å²) in [6.07, 6.45) is 1.70. The first-order chi connectivity index (χ1) is 13.0. The molecule has 4 aromatic rings. The minimum atomic E-state index is -0.677. The quantitative estimate of drug-likeness (QED) is 0.568. The maximum absolute atomic E-state index is 12.4. The van der Waals surface area contributed by atoms with Crippen molar-refractivity contribution in [3.05, 3.63) is 88.0 Å². The Morgan fingerprint density at radius 1 is 1.15 bits per heavy atom. The number of ether oxygens (including phenoxy) is 1. The minimum Gasteiger partial charge on any atom is -0.506 e. The van der Waals surface area contributed by atoms with E-state index in [4.69, 9.17) is 4.74 Å². The van der Waals surface area contributed by atoms with Gasteiger partial charge in [0.15, 0.2) is 0 Å². The van der Waals surface area contributed by atoms with Crippen LogP contribution in [0.2, 0.25) is 0 Å². The normalized spacial score (nSPS) is 11.0. The zero-order chi connectivity index (χ0) is 19.0. The molecule has 1 N–H and O–H groups in total. The lowest BCUT2D eigenvalue weighted by Gasteiger charge is -2.09. The average Bonchev–Trinajstić information content (AvgIpc) is 2.67. The molecule has 27 heavy (non-hydrogen) atoms. The van der Waals surface area contributed by atoms with Crippen LogP contribution in [0, 0.1) is 6.92 Å². The van der Waals surface area contributed by atoms with Crippen molar-refractivity contribution in [3.8, 4) is 5.75 Å². The van der Waals surface area contributed by atoms with E-state index < -0.39 is 5.97 Å². The van der Waals surface area contributed by atoms with Crippen molar-refractivity contribution in [3.63, 3.8) is 0 Å². The maximum Gasteiger partial charge on any atom is 0.342 e. The number of nitrogens with zero attached hydrogens (tertiary/aromatic N) is 2. The second-order valence-corrected chi connectivity index (χ2v) is 6.28. The van der Waals surface area contributed by atoms with Crippen LogP contribution in [0.1, 0.15) is 21.6 Å². The molecule has 0 saturated heterocycles. The number of aromatic hydroxyl groups is 1. The molecule has 0 bridgehead atoms. The Kier molecular flexibility index (Phi) is 4.08. The lowest BCUT2D eigenvalue weighted by molar-refractivity contribution is 0.0464. The van der Waals surface area contributed by atoms with E-state index in [0.29, 0.717) is 16.7 Å². The van der Waals surface area contributed by atoms with Crippen molar-refractivity contribution in [2.45, 2.75) is 13.5 Å². The fourth-order valence-corrected chi connectivity index (χ4v) is 2.97. The Hall–Kier alpha value is -3.67. The number of hydrogen-bond acceptors (Lipinski definition) is 5. The third-order valence-electron chi connectivity index (χ3n) is 4.33. The van der Waals surface area contributed by atoms with Crippen LogP contribution in [-0.4, -0.2) is 20.5 Å². The van der Waals surface area contributed by atoms with E-state index in [-0.39, 0.29) is 23.5 Å². The van der Waals surface area contributed by atoms with Crippen molar-refractivity contribution < 1.29 is 14.6 Å². The molecule has 0 aliphatic carbocycles. The van der Waals surface area contributed by atoms with Gasteiger partial charge in [-0.15, -0.1) is 0 Å². The van der Waals surface area contributed by atoms with E-state index in [1.165, 1.54) is 16.5 Å². The molecule has 0 aliphatic heterocycles. The highest BCUT2D eigenvalue weighted by Crippen LogP contribution is 2.29. The average molecular weight is 360 g/mol. The van der Waals surface area contributed by atoms with Gasteiger partial charge >= 0.3 is 5.97 Å². The van der Waals surface area contributed by atoms with E-state index in [1.54, 1.807) is 30.5 Å². The highest BCUT2D eigenvalue weighted by molar-refractivity contribution is 6.01. The molecule has 6 heteroatoms. The second-order valence-electron chi connectivity index (χ2n) is 6.28. The van der Waals surface area contributed by atoms with Crippen LogP contribution in [-0.2, 0) is 11.3 Å². The zero-order valence-corrected chi connectivity index (χ0v) is 14.5. The van der Waals surface area contributed by atoms with Crippen molar-refractivity contribution in [2.24, 2.45) is 0 Å². The summed E-state index contributed by atoms with van der Waals surface area (Å²) in [5, 5.41) is 11.8. The Balaban J connectivity index is 1.59. The Morgan fingerprint density at radius 3 is 2.81 bits per heavy atom. The predicted molar refractivity (Wildman–Crippen MR) is 101 cm³/mol. The van der Waals surface area contributed by atoms with Crippen molar-refractivity contribution in [2.75, 3.05) is 0 Å². The molecule has 6 nitrogen and oxygen atoms in total. The number of phenolic OH excluding ortho intramolecular Hbond substituents is 1. The molecule has 134 valence electrons. The molecule has 0 spiro atoms. The highest BCUT2D eigenvalue weighted by Gasteiger charge is 2.16. The van der Waals surface area contributed by atoms with E-state index >= 15 is 0 Å². The van der Waals surface area contributed by atoms with Crippen LogP contribution in [0.5, 0.6) is 5.75 Å². The van der Waals surface area contributed by atoms with Gasteiger partial charge in [0, 0.05) is 17.6 Å². The molecule has 0 atom stereocenters. The van der Waals surface area contributed by atoms with Gasteiger partial charge in [-0.1, -0.05) is 36.4 Å². The summed E-state index contributed by atoms with van der Waals surface area (Å²) in [4.78, 5) is 28.9. The molecule has 0 saturated carbocycles. The van der Waals surface area contributed by atoms with E-state index in [0.717, 1.165) is 10.9 Å². The fourth-order valence-electron chi connectivity index (χ4n) is 2.97. The molecular weight excluding hydrogens is 344 g/mol. The summed E-state index contributed by atoms with van der Waals surface area (Å²) in [5.74, 6) is -0.802. The fraction of sp³-hybridized carbons (Fsp3) is 0.0952.